The summed E-state index contributed by atoms with van der Waals surface area (Å²) in [5.74, 6) is -0.766. The zero-order valence-corrected chi connectivity index (χ0v) is 21.0. The Bertz CT molecular complexity index is 1700. The monoisotopic (exact) mass is 555 g/mol. The fourth-order valence-corrected chi connectivity index (χ4v) is 4.65. The maximum atomic E-state index is 14.8. The van der Waals surface area contributed by atoms with E-state index < -0.39 is 23.1 Å². The molecule has 36 heavy (non-hydrogen) atoms. The van der Waals surface area contributed by atoms with Crippen LogP contribution in [0.3, 0.4) is 0 Å². The van der Waals surface area contributed by atoms with Gasteiger partial charge in [-0.3, -0.25) is 4.79 Å². The van der Waals surface area contributed by atoms with Crippen molar-refractivity contribution in [3.63, 3.8) is 0 Å². The molecule has 3 heterocycles. The zero-order chi connectivity index (χ0) is 25.7. The van der Waals surface area contributed by atoms with Crippen molar-refractivity contribution >= 4 is 43.8 Å². The van der Waals surface area contributed by atoms with Crippen LogP contribution in [0.2, 0.25) is 0 Å². The van der Waals surface area contributed by atoms with Gasteiger partial charge in [0.25, 0.3) is 0 Å². The molecule has 1 atom stereocenters. The minimum atomic E-state index is -0.682. The van der Waals surface area contributed by atoms with Crippen molar-refractivity contribution < 1.29 is 17.9 Å². The molecule has 0 aliphatic carbocycles. The molecule has 0 radical (unpaired) electrons. The highest BCUT2D eigenvalue weighted by molar-refractivity contribution is 9.10. The van der Waals surface area contributed by atoms with E-state index in [0.29, 0.717) is 22.3 Å². The number of fused-ring (bicyclic) bond motifs is 2. The lowest BCUT2D eigenvalue weighted by molar-refractivity contribution is 0.231. The van der Waals surface area contributed by atoms with Crippen LogP contribution < -0.4 is 15.9 Å². The first-order chi connectivity index (χ1) is 17.2. The molecular weight excluding hydrogens is 536 g/mol. The van der Waals surface area contributed by atoms with Gasteiger partial charge >= 0.3 is 0 Å². The minimum absolute atomic E-state index is 0.0565. The van der Waals surface area contributed by atoms with Crippen LogP contribution in [-0.2, 0) is 0 Å². The van der Waals surface area contributed by atoms with Gasteiger partial charge in [-0.15, -0.1) is 0 Å². The predicted molar refractivity (Wildman–Crippen MR) is 135 cm³/mol. The predicted octanol–water partition coefficient (Wildman–Crippen LogP) is 5.62. The summed E-state index contributed by atoms with van der Waals surface area (Å²) < 4.78 is 42.1. The van der Waals surface area contributed by atoms with Crippen molar-refractivity contribution in [1.82, 2.24) is 19.7 Å². The number of halogens is 3. The molecule has 0 amide bonds. The maximum Gasteiger partial charge on any atom is 0.210 e. The van der Waals surface area contributed by atoms with Gasteiger partial charge in [0.15, 0.2) is 17.2 Å². The van der Waals surface area contributed by atoms with Crippen molar-refractivity contribution in [1.29, 1.82) is 0 Å². The van der Waals surface area contributed by atoms with Crippen molar-refractivity contribution in [2.75, 3.05) is 5.73 Å². The molecule has 5 aromatic rings. The molecule has 0 bridgehead atoms. The lowest BCUT2D eigenvalue weighted by Crippen LogP contribution is -2.15. The second-order valence-corrected chi connectivity index (χ2v) is 9.25. The van der Waals surface area contributed by atoms with Gasteiger partial charge < -0.3 is 14.9 Å². The molecule has 11 heteroatoms. The molecule has 184 valence electrons. The van der Waals surface area contributed by atoms with E-state index in [9.17, 15) is 13.6 Å². The lowest BCUT2D eigenvalue weighted by atomic mass is 10.1. The Morgan fingerprint density at radius 2 is 1.86 bits per heavy atom. The van der Waals surface area contributed by atoms with Crippen LogP contribution in [0.1, 0.15) is 32.6 Å². The highest BCUT2D eigenvalue weighted by Gasteiger charge is 2.26. The third kappa shape index (κ3) is 3.89. The highest BCUT2D eigenvalue weighted by Crippen LogP contribution is 2.36. The highest BCUT2D eigenvalue weighted by atomic mass is 79.9. The summed E-state index contributed by atoms with van der Waals surface area (Å²) in [6.45, 7) is 5.35. The van der Waals surface area contributed by atoms with E-state index in [4.69, 9.17) is 14.9 Å². The number of hydrogen-bond acceptors (Lipinski definition) is 7. The van der Waals surface area contributed by atoms with Crippen LogP contribution in [0.15, 0.2) is 56.4 Å². The van der Waals surface area contributed by atoms with E-state index >= 15 is 0 Å². The fourth-order valence-electron chi connectivity index (χ4n) is 4.04. The summed E-state index contributed by atoms with van der Waals surface area (Å²) in [5, 5.41) is 4.92. The molecule has 0 aliphatic heterocycles. The van der Waals surface area contributed by atoms with Crippen molar-refractivity contribution in [2.45, 2.75) is 32.9 Å². The van der Waals surface area contributed by atoms with Gasteiger partial charge in [-0.1, -0.05) is 6.07 Å². The number of ether oxygens (including phenoxy) is 1. The summed E-state index contributed by atoms with van der Waals surface area (Å²) in [6, 6.07) is 7.97. The van der Waals surface area contributed by atoms with Crippen LogP contribution in [0.5, 0.6) is 5.75 Å². The molecule has 3 aromatic heterocycles. The Labute approximate surface area is 211 Å². The Kier molecular flexibility index (Phi) is 5.95. The quantitative estimate of drug-likeness (QED) is 0.299. The van der Waals surface area contributed by atoms with Gasteiger partial charge in [0.05, 0.1) is 11.5 Å². The van der Waals surface area contributed by atoms with E-state index in [1.807, 2.05) is 0 Å². The van der Waals surface area contributed by atoms with Gasteiger partial charge in [-0.05, 0) is 67.0 Å². The van der Waals surface area contributed by atoms with Gasteiger partial charge in [-0.25, -0.2) is 23.4 Å². The van der Waals surface area contributed by atoms with Crippen LogP contribution in [0.4, 0.5) is 14.6 Å². The standard InChI is InChI=1S/C25H20BrF2N5O3/c1-11(2)35-16-8-7-13(9-15(16)28)21-19-24(29)30-10-31-25(19)33(32-21)12(3)23-20(26)22(34)18-14(27)5-4-6-17(18)36-23/h4-12H,1-3H3,(H2,29,30,31). The molecule has 0 saturated carbocycles. The molecule has 0 fully saturated rings. The largest absolute Gasteiger partial charge is 0.488 e. The Morgan fingerprint density at radius 3 is 2.58 bits per heavy atom. The molecule has 1 unspecified atom stereocenters. The topological polar surface area (TPSA) is 109 Å². The number of benzene rings is 2. The van der Waals surface area contributed by atoms with Crippen LogP contribution in [-0.4, -0.2) is 25.9 Å². The molecule has 0 spiro atoms. The first kappa shape index (κ1) is 23.9. The molecule has 0 saturated heterocycles. The number of rotatable bonds is 5. The first-order valence-electron chi connectivity index (χ1n) is 11.0. The fraction of sp³-hybridized carbons (Fsp3) is 0.200. The molecule has 5 rings (SSSR count). The third-order valence-electron chi connectivity index (χ3n) is 5.67. The number of aromatic nitrogens is 4. The number of hydrogen-bond donors (Lipinski definition) is 1. The van der Waals surface area contributed by atoms with Gasteiger partial charge in [0.1, 0.15) is 50.9 Å². The van der Waals surface area contributed by atoms with Crippen molar-refractivity contribution in [3.05, 3.63) is 74.8 Å². The van der Waals surface area contributed by atoms with E-state index in [2.05, 4.69) is 31.0 Å². The zero-order valence-electron chi connectivity index (χ0n) is 19.4. The molecule has 8 nitrogen and oxygen atoms in total. The van der Waals surface area contributed by atoms with Crippen LogP contribution in [0.25, 0.3) is 33.3 Å². The van der Waals surface area contributed by atoms with Crippen molar-refractivity contribution in [2.24, 2.45) is 0 Å². The Hall–Kier alpha value is -3.86. The molecule has 0 aliphatic rings. The average Bonchev–Trinajstić information content (AvgIpc) is 3.23. The summed E-state index contributed by atoms with van der Waals surface area (Å²) in [7, 11) is 0. The normalized spacial score (nSPS) is 12.5. The summed E-state index contributed by atoms with van der Waals surface area (Å²) in [4.78, 5) is 21.3. The summed E-state index contributed by atoms with van der Waals surface area (Å²) >= 11 is 3.27. The smallest absolute Gasteiger partial charge is 0.210 e. The SMILES string of the molecule is CC(C)Oc1ccc(-c2nn(C(C)c3oc4cccc(F)c4c(=O)c3Br)c3ncnc(N)c23)cc1F. The maximum absolute atomic E-state index is 14.8. The van der Waals surface area contributed by atoms with E-state index in [0.717, 1.165) is 0 Å². The van der Waals surface area contributed by atoms with Crippen LogP contribution >= 0.6 is 15.9 Å². The summed E-state index contributed by atoms with van der Waals surface area (Å²) in [5.41, 5.74) is 6.85. The van der Waals surface area contributed by atoms with E-state index in [-0.39, 0.29) is 38.9 Å². The Morgan fingerprint density at radius 1 is 1.08 bits per heavy atom. The van der Waals surface area contributed by atoms with E-state index in [1.54, 1.807) is 26.8 Å². The molecule has 2 N–H and O–H groups in total. The average molecular weight is 556 g/mol. The Balaban J connectivity index is 1.70. The number of nitrogen functional groups attached to an aromatic ring is 1. The van der Waals surface area contributed by atoms with Crippen LogP contribution in [0, 0.1) is 11.6 Å². The number of nitrogens with two attached hydrogens (primary N) is 1. The van der Waals surface area contributed by atoms with Gasteiger partial charge in [0, 0.05) is 5.56 Å². The second kappa shape index (κ2) is 8.98. The minimum Gasteiger partial charge on any atom is -0.488 e. The van der Waals surface area contributed by atoms with Gasteiger partial charge in [0.2, 0.25) is 5.43 Å². The first-order valence-corrected chi connectivity index (χ1v) is 11.8. The van der Waals surface area contributed by atoms with Crippen molar-refractivity contribution in [3.8, 4) is 17.0 Å². The van der Waals surface area contributed by atoms with Gasteiger partial charge in [-0.2, -0.15) is 5.10 Å². The molecular formula is C25H20BrF2N5O3. The third-order valence-corrected chi connectivity index (χ3v) is 6.42. The summed E-state index contributed by atoms with van der Waals surface area (Å²) in [6.07, 6.45) is 1.09. The number of anilines is 1. The van der Waals surface area contributed by atoms with E-state index in [1.165, 1.54) is 41.3 Å². The second-order valence-electron chi connectivity index (χ2n) is 8.46. The molecule has 2 aromatic carbocycles. The lowest BCUT2D eigenvalue weighted by Gasteiger charge is -2.14. The number of nitrogens with zero attached hydrogens (tertiary/aromatic N) is 4.